The zero-order valence-electron chi connectivity index (χ0n) is 16.3. The first-order valence-corrected chi connectivity index (χ1v) is 9.82. The molecule has 1 aliphatic heterocycles. The zero-order chi connectivity index (χ0) is 19.8. The summed E-state index contributed by atoms with van der Waals surface area (Å²) in [5, 5.41) is 2.72. The topological polar surface area (TPSA) is 63.1 Å². The molecule has 0 radical (unpaired) electrons. The van der Waals surface area contributed by atoms with Crippen LogP contribution in [-0.2, 0) is 11.3 Å². The van der Waals surface area contributed by atoms with Crippen molar-refractivity contribution in [2.24, 2.45) is 0 Å². The van der Waals surface area contributed by atoms with Gasteiger partial charge in [0.1, 0.15) is 12.3 Å². The highest BCUT2D eigenvalue weighted by Gasteiger charge is 2.23. The van der Waals surface area contributed by atoms with Crippen molar-refractivity contribution in [3.63, 3.8) is 0 Å². The van der Waals surface area contributed by atoms with Crippen LogP contribution in [0.2, 0.25) is 0 Å². The van der Waals surface area contributed by atoms with Crippen LogP contribution in [0.5, 0.6) is 5.75 Å². The second-order valence-corrected chi connectivity index (χ2v) is 6.93. The fourth-order valence-corrected chi connectivity index (χ4v) is 3.37. The second kappa shape index (κ2) is 9.90. The highest BCUT2D eigenvalue weighted by molar-refractivity contribution is 5.96. The molecule has 28 heavy (non-hydrogen) atoms. The van der Waals surface area contributed by atoms with E-state index in [9.17, 15) is 9.59 Å². The molecule has 3 rings (SSSR count). The van der Waals surface area contributed by atoms with Gasteiger partial charge in [0.05, 0.1) is 39.3 Å². The number of amides is 2. The van der Waals surface area contributed by atoms with Gasteiger partial charge in [-0.05, 0) is 31.2 Å². The van der Waals surface area contributed by atoms with Crippen LogP contribution in [0.1, 0.15) is 22.8 Å². The Balaban J connectivity index is 1.41. The molecule has 1 saturated heterocycles. The number of hydrogen-bond acceptors (Lipinski definition) is 3. The van der Waals surface area contributed by atoms with E-state index in [4.69, 9.17) is 4.74 Å². The smallest absolute Gasteiger partial charge is 0.251 e. The lowest BCUT2D eigenvalue weighted by atomic mass is 10.2. The maximum absolute atomic E-state index is 12.4. The predicted molar refractivity (Wildman–Crippen MR) is 107 cm³/mol. The van der Waals surface area contributed by atoms with Crippen LogP contribution in [0.15, 0.2) is 54.6 Å². The largest absolute Gasteiger partial charge is 0.494 e. The Morgan fingerprint density at radius 1 is 1.04 bits per heavy atom. The van der Waals surface area contributed by atoms with Crippen molar-refractivity contribution in [2.75, 3.05) is 39.3 Å². The third-order valence-corrected chi connectivity index (χ3v) is 4.95. The molecule has 2 aromatic rings. The molecule has 6 nitrogen and oxygen atoms in total. The van der Waals surface area contributed by atoms with Gasteiger partial charge in [-0.2, -0.15) is 0 Å². The van der Waals surface area contributed by atoms with Crippen molar-refractivity contribution >= 4 is 11.8 Å². The normalized spacial score (nSPS) is 14.5. The van der Waals surface area contributed by atoms with E-state index in [0.717, 1.165) is 38.5 Å². The number of benzene rings is 2. The van der Waals surface area contributed by atoms with Crippen molar-refractivity contribution in [3.05, 3.63) is 65.7 Å². The molecule has 0 aliphatic carbocycles. The number of nitrogens with zero attached hydrogens (tertiary/aromatic N) is 1. The molecule has 0 unspecified atom stereocenters. The average molecular weight is 382 g/mol. The van der Waals surface area contributed by atoms with E-state index in [1.54, 1.807) is 24.3 Å². The maximum Gasteiger partial charge on any atom is 0.251 e. The van der Waals surface area contributed by atoms with Gasteiger partial charge in [-0.15, -0.1) is 0 Å². The molecule has 148 valence electrons. The maximum atomic E-state index is 12.4. The van der Waals surface area contributed by atoms with E-state index in [1.165, 1.54) is 10.5 Å². The first kappa shape index (κ1) is 19.9. The lowest BCUT2D eigenvalue weighted by molar-refractivity contribution is -0.917. The van der Waals surface area contributed by atoms with Gasteiger partial charge >= 0.3 is 0 Å². The summed E-state index contributed by atoms with van der Waals surface area (Å²) < 4.78 is 5.37. The van der Waals surface area contributed by atoms with Crippen LogP contribution < -0.4 is 15.0 Å². The number of nitrogens with one attached hydrogen (secondary N) is 2. The van der Waals surface area contributed by atoms with Gasteiger partial charge in [0.2, 0.25) is 5.91 Å². The van der Waals surface area contributed by atoms with E-state index >= 15 is 0 Å². The van der Waals surface area contributed by atoms with Gasteiger partial charge in [-0.3, -0.25) is 9.59 Å². The van der Waals surface area contributed by atoms with E-state index < -0.39 is 0 Å². The Morgan fingerprint density at radius 3 is 2.36 bits per heavy atom. The molecule has 0 saturated carbocycles. The number of hydrogen-bond donors (Lipinski definition) is 2. The second-order valence-electron chi connectivity index (χ2n) is 6.93. The van der Waals surface area contributed by atoms with Gasteiger partial charge in [-0.1, -0.05) is 30.3 Å². The van der Waals surface area contributed by atoms with Gasteiger partial charge < -0.3 is 19.9 Å². The molecule has 0 atom stereocenters. The summed E-state index contributed by atoms with van der Waals surface area (Å²) in [6, 6.07) is 17.3. The van der Waals surface area contributed by atoms with E-state index in [1.807, 2.05) is 17.9 Å². The van der Waals surface area contributed by atoms with Crippen LogP contribution in [0.4, 0.5) is 0 Å². The number of quaternary nitrogens is 1. The van der Waals surface area contributed by atoms with Crippen molar-refractivity contribution in [1.82, 2.24) is 10.2 Å². The molecule has 0 aromatic heterocycles. The van der Waals surface area contributed by atoms with Gasteiger partial charge in [0, 0.05) is 11.1 Å². The molecule has 1 fully saturated rings. The number of piperazine rings is 1. The fraction of sp³-hybridized carbons (Fsp3) is 0.364. The Hall–Kier alpha value is -2.86. The first-order chi connectivity index (χ1) is 13.7. The van der Waals surface area contributed by atoms with Crippen molar-refractivity contribution in [1.29, 1.82) is 0 Å². The van der Waals surface area contributed by atoms with Crippen LogP contribution in [0.25, 0.3) is 0 Å². The van der Waals surface area contributed by atoms with Crippen LogP contribution in [0, 0.1) is 0 Å². The summed E-state index contributed by atoms with van der Waals surface area (Å²) in [5.41, 5.74) is 1.84. The van der Waals surface area contributed by atoms with Crippen molar-refractivity contribution in [2.45, 2.75) is 13.5 Å². The molecule has 0 spiro atoms. The van der Waals surface area contributed by atoms with Crippen LogP contribution in [-0.4, -0.2) is 56.0 Å². The average Bonchev–Trinajstić information content (AvgIpc) is 2.74. The molecule has 1 heterocycles. The summed E-state index contributed by atoms with van der Waals surface area (Å²) in [6.07, 6.45) is 0. The lowest BCUT2D eigenvalue weighted by Crippen LogP contribution is -3.13. The molecule has 2 N–H and O–H groups in total. The first-order valence-electron chi connectivity index (χ1n) is 9.82. The molecule has 6 heteroatoms. The third kappa shape index (κ3) is 5.57. The third-order valence-electron chi connectivity index (χ3n) is 4.95. The van der Waals surface area contributed by atoms with Crippen molar-refractivity contribution in [3.8, 4) is 5.75 Å². The number of rotatable bonds is 7. The summed E-state index contributed by atoms with van der Waals surface area (Å²) in [7, 11) is 0. The molecule has 1 aliphatic rings. The number of ether oxygens (including phenoxy) is 1. The number of carbonyl (C=O) groups is 2. The van der Waals surface area contributed by atoms with E-state index in [0.29, 0.717) is 12.2 Å². The van der Waals surface area contributed by atoms with E-state index in [-0.39, 0.29) is 18.4 Å². The van der Waals surface area contributed by atoms with Crippen LogP contribution in [0.3, 0.4) is 0 Å². The molecule has 0 bridgehead atoms. The Kier molecular flexibility index (Phi) is 7.03. The zero-order valence-corrected chi connectivity index (χ0v) is 16.3. The monoisotopic (exact) mass is 382 g/mol. The minimum absolute atomic E-state index is 0.0278. The Bertz CT molecular complexity index is 769. The van der Waals surface area contributed by atoms with Gasteiger partial charge in [-0.25, -0.2) is 0 Å². The predicted octanol–water partition coefficient (Wildman–Crippen LogP) is 0.742. The SMILES string of the molecule is CCOc1ccc(C(=O)NCC(=O)N2CC[NH+](Cc3ccccc3)CC2)cc1. The van der Waals surface area contributed by atoms with E-state index in [2.05, 4.69) is 29.6 Å². The Labute approximate surface area is 166 Å². The summed E-state index contributed by atoms with van der Waals surface area (Å²) in [4.78, 5) is 28.0. The minimum atomic E-state index is -0.246. The van der Waals surface area contributed by atoms with Gasteiger partial charge in [0.15, 0.2) is 0 Å². The molecule has 2 amide bonds. The quantitative estimate of drug-likeness (QED) is 0.743. The van der Waals surface area contributed by atoms with Crippen molar-refractivity contribution < 1.29 is 19.2 Å². The molecule has 2 aromatic carbocycles. The minimum Gasteiger partial charge on any atom is -0.494 e. The summed E-state index contributed by atoms with van der Waals surface area (Å²) in [6.45, 7) is 6.80. The fourth-order valence-electron chi connectivity index (χ4n) is 3.37. The molecular weight excluding hydrogens is 354 g/mol. The standard InChI is InChI=1S/C22H27N3O3/c1-2-28-20-10-8-19(9-11-20)22(27)23-16-21(26)25-14-12-24(13-15-25)17-18-6-4-3-5-7-18/h3-11H,2,12-17H2,1H3,(H,23,27)/p+1. The summed E-state index contributed by atoms with van der Waals surface area (Å²) in [5.74, 6) is 0.453. The van der Waals surface area contributed by atoms with Gasteiger partial charge in [0.25, 0.3) is 5.91 Å². The van der Waals surface area contributed by atoms with Crippen LogP contribution >= 0.6 is 0 Å². The molecular formula is C22H28N3O3+. The highest BCUT2D eigenvalue weighted by atomic mass is 16.5. The lowest BCUT2D eigenvalue weighted by Gasteiger charge is -2.32. The highest BCUT2D eigenvalue weighted by Crippen LogP contribution is 2.11. The number of carbonyl (C=O) groups excluding carboxylic acids is 2. The Morgan fingerprint density at radius 2 is 1.71 bits per heavy atom. The summed E-state index contributed by atoms with van der Waals surface area (Å²) >= 11 is 0.